The van der Waals surface area contributed by atoms with Crippen LogP contribution in [0.1, 0.15) is 32.3 Å². The molecule has 2 unspecified atom stereocenters. The van der Waals surface area contributed by atoms with Crippen LogP contribution in [0, 0.1) is 5.82 Å². The molecule has 0 aliphatic carbocycles. The van der Waals surface area contributed by atoms with Crippen LogP contribution in [0.3, 0.4) is 0 Å². The van der Waals surface area contributed by atoms with E-state index >= 15 is 0 Å². The SMILES string of the molecule is CCOC(=O)C(CN)(CCC(C)O)c1cccc(F)c1. The molecule has 0 saturated heterocycles. The van der Waals surface area contributed by atoms with Gasteiger partial charge in [0.2, 0.25) is 0 Å². The topological polar surface area (TPSA) is 72.5 Å². The van der Waals surface area contributed by atoms with Gasteiger partial charge < -0.3 is 15.6 Å². The van der Waals surface area contributed by atoms with Crippen molar-refractivity contribution in [2.24, 2.45) is 5.73 Å². The Labute approximate surface area is 118 Å². The minimum Gasteiger partial charge on any atom is -0.465 e. The molecule has 5 heteroatoms. The van der Waals surface area contributed by atoms with E-state index in [4.69, 9.17) is 10.5 Å². The Morgan fingerprint density at radius 1 is 1.55 bits per heavy atom. The predicted octanol–water partition coefficient (Wildman–Crippen LogP) is 1.75. The zero-order valence-electron chi connectivity index (χ0n) is 11.9. The van der Waals surface area contributed by atoms with Gasteiger partial charge in [0.25, 0.3) is 0 Å². The van der Waals surface area contributed by atoms with Crippen molar-refractivity contribution in [1.82, 2.24) is 0 Å². The fourth-order valence-electron chi connectivity index (χ4n) is 2.18. The van der Waals surface area contributed by atoms with Crippen LogP contribution in [0.25, 0.3) is 0 Å². The van der Waals surface area contributed by atoms with Gasteiger partial charge in [-0.25, -0.2) is 4.39 Å². The van der Waals surface area contributed by atoms with Crippen LogP contribution in [0.15, 0.2) is 24.3 Å². The van der Waals surface area contributed by atoms with E-state index in [1.165, 1.54) is 18.2 Å². The average molecular weight is 283 g/mol. The van der Waals surface area contributed by atoms with Crippen molar-refractivity contribution < 1.29 is 19.0 Å². The van der Waals surface area contributed by atoms with Crippen molar-refractivity contribution >= 4 is 5.97 Å². The van der Waals surface area contributed by atoms with Crippen molar-refractivity contribution in [3.8, 4) is 0 Å². The number of nitrogens with two attached hydrogens (primary N) is 1. The minimum absolute atomic E-state index is 0.00199. The third-order valence-corrected chi connectivity index (χ3v) is 3.38. The maximum Gasteiger partial charge on any atom is 0.317 e. The first-order chi connectivity index (χ1) is 9.46. The molecule has 0 saturated carbocycles. The van der Waals surface area contributed by atoms with E-state index < -0.39 is 23.3 Å². The van der Waals surface area contributed by atoms with Crippen molar-refractivity contribution in [3.05, 3.63) is 35.6 Å². The fraction of sp³-hybridized carbons (Fsp3) is 0.533. The summed E-state index contributed by atoms with van der Waals surface area (Å²) < 4.78 is 18.5. The van der Waals surface area contributed by atoms with Gasteiger partial charge in [0, 0.05) is 6.54 Å². The van der Waals surface area contributed by atoms with Crippen molar-refractivity contribution in [2.75, 3.05) is 13.2 Å². The van der Waals surface area contributed by atoms with Crippen LogP contribution >= 0.6 is 0 Å². The number of hydrogen-bond acceptors (Lipinski definition) is 4. The number of aliphatic hydroxyl groups excluding tert-OH is 1. The summed E-state index contributed by atoms with van der Waals surface area (Å²) in [5.74, 6) is -0.907. The van der Waals surface area contributed by atoms with Crippen molar-refractivity contribution in [2.45, 2.75) is 38.2 Å². The van der Waals surface area contributed by atoms with Crippen molar-refractivity contribution in [1.29, 1.82) is 0 Å². The maximum atomic E-state index is 13.4. The highest BCUT2D eigenvalue weighted by atomic mass is 19.1. The van der Waals surface area contributed by atoms with Crippen LogP contribution in [-0.4, -0.2) is 30.3 Å². The molecule has 0 aromatic heterocycles. The number of ether oxygens (including phenoxy) is 1. The fourth-order valence-corrected chi connectivity index (χ4v) is 2.18. The van der Waals surface area contributed by atoms with E-state index in [0.717, 1.165) is 0 Å². The smallest absolute Gasteiger partial charge is 0.317 e. The van der Waals surface area contributed by atoms with Gasteiger partial charge in [0.15, 0.2) is 0 Å². The van der Waals surface area contributed by atoms with Gasteiger partial charge in [0.1, 0.15) is 11.2 Å². The van der Waals surface area contributed by atoms with E-state index in [-0.39, 0.29) is 13.2 Å². The molecular weight excluding hydrogens is 261 g/mol. The molecule has 20 heavy (non-hydrogen) atoms. The molecule has 2 atom stereocenters. The number of carbonyl (C=O) groups excluding carboxylic acids is 1. The number of esters is 1. The molecule has 0 spiro atoms. The predicted molar refractivity (Wildman–Crippen MR) is 74.7 cm³/mol. The minimum atomic E-state index is -1.12. The molecule has 3 N–H and O–H groups in total. The molecule has 0 bridgehead atoms. The quantitative estimate of drug-likeness (QED) is 0.748. The number of carbonyl (C=O) groups is 1. The van der Waals surface area contributed by atoms with Crippen LogP contribution in [0.4, 0.5) is 4.39 Å². The van der Waals surface area contributed by atoms with E-state index in [2.05, 4.69) is 0 Å². The standard InChI is InChI=1S/C15H22FNO3/c1-3-20-14(19)15(10-17,8-7-11(2)18)12-5-4-6-13(16)9-12/h4-6,9,11,18H,3,7-8,10,17H2,1-2H3. The largest absolute Gasteiger partial charge is 0.465 e. The molecule has 4 nitrogen and oxygen atoms in total. The van der Waals surface area contributed by atoms with Crippen LogP contribution < -0.4 is 5.73 Å². The Hall–Kier alpha value is -1.46. The molecule has 1 aromatic carbocycles. The molecule has 0 aliphatic heterocycles. The first kappa shape index (κ1) is 16.6. The van der Waals surface area contributed by atoms with Gasteiger partial charge >= 0.3 is 5.97 Å². The number of hydrogen-bond donors (Lipinski definition) is 2. The lowest BCUT2D eigenvalue weighted by molar-refractivity contribution is -0.150. The molecule has 1 aromatic rings. The Balaban J connectivity index is 3.19. The first-order valence-electron chi connectivity index (χ1n) is 6.77. The maximum absolute atomic E-state index is 13.4. The molecule has 1 rings (SSSR count). The lowest BCUT2D eigenvalue weighted by Crippen LogP contribution is -2.44. The van der Waals surface area contributed by atoms with E-state index in [0.29, 0.717) is 18.4 Å². The highest BCUT2D eigenvalue weighted by molar-refractivity contribution is 5.83. The lowest BCUT2D eigenvalue weighted by atomic mass is 9.76. The van der Waals surface area contributed by atoms with Gasteiger partial charge in [-0.3, -0.25) is 4.79 Å². The third-order valence-electron chi connectivity index (χ3n) is 3.38. The molecule has 0 fully saturated rings. The summed E-state index contributed by atoms with van der Waals surface area (Å²) in [6, 6.07) is 5.81. The summed E-state index contributed by atoms with van der Waals surface area (Å²) in [7, 11) is 0. The summed E-state index contributed by atoms with van der Waals surface area (Å²) >= 11 is 0. The Bertz CT molecular complexity index is 450. The van der Waals surface area contributed by atoms with Crippen LogP contribution in [0.5, 0.6) is 0 Å². The van der Waals surface area contributed by atoms with Gasteiger partial charge in [0.05, 0.1) is 12.7 Å². The zero-order chi connectivity index (χ0) is 15.2. The molecule has 0 aliphatic rings. The van der Waals surface area contributed by atoms with Gasteiger partial charge in [-0.15, -0.1) is 0 Å². The molecule has 112 valence electrons. The van der Waals surface area contributed by atoms with Crippen LogP contribution in [-0.2, 0) is 14.9 Å². The van der Waals surface area contributed by atoms with Crippen molar-refractivity contribution in [3.63, 3.8) is 0 Å². The molecular formula is C15H22FNO3. The second-order valence-electron chi connectivity index (χ2n) is 4.90. The second-order valence-corrected chi connectivity index (χ2v) is 4.90. The third kappa shape index (κ3) is 3.77. The van der Waals surface area contributed by atoms with E-state index in [9.17, 15) is 14.3 Å². The summed E-state index contributed by atoms with van der Waals surface area (Å²) in [5, 5.41) is 9.46. The molecule has 0 amide bonds. The van der Waals surface area contributed by atoms with Crippen LogP contribution in [0.2, 0.25) is 0 Å². The summed E-state index contributed by atoms with van der Waals surface area (Å²) in [6.45, 7) is 3.57. The summed E-state index contributed by atoms with van der Waals surface area (Å²) in [5.41, 5.74) is 5.17. The monoisotopic (exact) mass is 283 g/mol. The Morgan fingerprint density at radius 3 is 2.75 bits per heavy atom. The summed E-state index contributed by atoms with van der Waals surface area (Å²) in [4.78, 5) is 12.3. The van der Waals surface area contributed by atoms with Gasteiger partial charge in [-0.2, -0.15) is 0 Å². The number of rotatable bonds is 7. The zero-order valence-corrected chi connectivity index (χ0v) is 11.9. The molecule has 0 radical (unpaired) electrons. The van der Waals surface area contributed by atoms with Gasteiger partial charge in [-0.05, 0) is 44.4 Å². The van der Waals surface area contributed by atoms with Gasteiger partial charge in [-0.1, -0.05) is 12.1 Å². The van der Waals surface area contributed by atoms with E-state index in [1.54, 1.807) is 19.9 Å². The highest BCUT2D eigenvalue weighted by Crippen LogP contribution is 2.31. The molecule has 0 heterocycles. The average Bonchev–Trinajstić information content (AvgIpc) is 2.40. The highest BCUT2D eigenvalue weighted by Gasteiger charge is 2.40. The number of halogens is 1. The Kier molecular flexibility index (Phi) is 6.10. The Morgan fingerprint density at radius 2 is 2.25 bits per heavy atom. The van der Waals surface area contributed by atoms with E-state index in [1.807, 2.05) is 0 Å². The second kappa shape index (κ2) is 7.36. The normalized spacial score (nSPS) is 15.4. The summed E-state index contributed by atoms with van der Waals surface area (Å²) in [6.07, 6.45) is 0.125. The number of aliphatic hydroxyl groups is 1. The first-order valence-corrected chi connectivity index (χ1v) is 6.77. The lowest BCUT2D eigenvalue weighted by Gasteiger charge is -2.31. The number of benzene rings is 1.